The third-order valence-corrected chi connectivity index (χ3v) is 8.35. The van der Waals surface area contributed by atoms with Crippen molar-refractivity contribution in [3.05, 3.63) is 97.1 Å². The molecule has 200 valence electrons. The average molecular weight is 542 g/mol. The Morgan fingerprint density at radius 2 is 1.77 bits per heavy atom. The van der Waals surface area contributed by atoms with Gasteiger partial charge in [-0.05, 0) is 86.9 Å². The molecular weight excluding hydrogens is 510 g/mol. The van der Waals surface area contributed by atoms with E-state index in [0.29, 0.717) is 27.6 Å². The quantitative estimate of drug-likeness (QED) is 0.150. The van der Waals surface area contributed by atoms with E-state index in [0.717, 1.165) is 60.0 Å². The Balaban J connectivity index is 1.48. The molecule has 0 unspecified atom stereocenters. The molecule has 1 N–H and O–H groups in total. The number of nitrogens with zero attached hydrogens (tertiary/aromatic N) is 2. The number of nitro benzene ring substituents is 1. The maximum atomic E-state index is 13.7. The first-order chi connectivity index (χ1) is 18.8. The Morgan fingerprint density at radius 1 is 1.00 bits per heavy atom. The standard InChI is InChI=1S/C31H31N3O4S/c1-19-10-11-21(3)26(16-19)33-30(35)29-24-8-6-4-5-7-9-28(24)39-31(29)32-18-23-14-15-27(38-23)25-17-22(34(36)37)13-12-20(25)2/h10-18H,4-9H2,1-3H3,(H,33,35). The second-order valence-corrected chi connectivity index (χ2v) is 11.2. The molecule has 8 heteroatoms. The van der Waals surface area contributed by atoms with Gasteiger partial charge >= 0.3 is 0 Å². The summed E-state index contributed by atoms with van der Waals surface area (Å²) in [6.45, 7) is 5.89. The molecule has 0 bridgehead atoms. The summed E-state index contributed by atoms with van der Waals surface area (Å²) in [6.07, 6.45) is 7.98. The molecule has 1 aliphatic carbocycles. The van der Waals surface area contributed by atoms with Gasteiger partial charge in [0.1, 0.15) is 16.5 Å². The number of rotatable bonds is 6. The number of anilines is 1. The second-order valence-electron chi connectivity index (χ2n) is 10.1. The number of hydrogen-bond donors (Lipinski definition) is 1. The third kappa shape index (κ3) is 5.86. The van der Waals surface area contributed by atoms with Gasteiger partial charge in [-0.1, -0.05) is 31.0 Å². The lowest BCUT2D eigenvalue weighted by Crippen LogP contribution is -2.15. The summed E-state index contributed by atoms with van der Waals surface area (Å²) in [4.78, 5) is 30.5. The third-order valence-electron chi connectivity index (χ3n) is 7.15. The van der Waals surface area contributed by atoms with Gasteiger partial charge in [-0.2, -0.15) is 0 Å². The minimum absolute atomic E-state index is 0.0118. The lowest BCUT2D eigenvalue weighted by molar-refractivity contribution is -0.384. The molecule has 7 nitrogen and oxygen atoms in total. The molecule has 0 radical (unpaired) electrons. The Bertz CT molecular complexity index is 1580. The summed E-state index contributed by atoms with van der Waals surface area (Å²) in [6, 6.07) is 14.3. The molecule has 5 rings (SSSR count). The molecular formula is C31H31N3O4S. The van der Waals surface area contributed by atoms with E-state index in [2.05, 4.69) is 5.32 Å². The van der Waals surface area contributed by atoms with Crippen molar-refractivity contribution < 1.29 is 14.1 Å². The predicted molar refractivity (Wildman–Crippen MR) is 157 cm³/mol. The Morgan fingerprint density at radius 3 is 2.56 bits per heavy atom. The van der Waals surface area contributed by atoms with E-state index in [-0.39, 0.29) is 11.6 Å². The molecule has 0 atom stereocenters. The topological polar surface area (TPSA) is 97.7 Å². The first-order valence-electron chi connectivity index (χ1n) is 13.2. The molecule has 1 amide bonds. The van der Waals surface area contributed by atoms with Crippen LogP contribution in [0.1, 0.15) is 68.9 Å². The van der Waals surface area contributed by atoms with Crippen LogP contribution in [0.3, 0.4) is 0 Å². The molecule has 0 saturated heterocycles. The van der Waals surface area contributed by atoms with E-state index in [1.807, 2.05) is 39.0 Å². The number of fused-ring (bicyclic) bond motifs is 1. The zero-order valence-corrected chi connectivity index (χ0v) is 23.2. The fourth-order valence-electron chi connectivity index (χ4n) is 4.96. The number of hydrogen-bond acceptors (Lipinski definition) is 6. The number of carbonyl (C=O) groups excluding carboxylic acids is 1. The van der Waals surface area contributed by atoms with Crippen molar-refractivity contribution in [1.82, 2.24) is 0 Å². The van der Waals surface area contributed by atoms with Crippen LogP contribution in [0.5, 0.6) is 0 Å². The zero-order chi connectivity index (χ0) is 27.5. The Hall–Kier alpha value is -4.04. The molecule has 2 aromatic heterocycles. The highest BCUT2D eigenvalue weighted by Gasteiger charge is 2.24. The summed E-state index contributed by atoms with van der Waals surface area (Å²) in [5, 5.41) is 15.1. The fourth-order valence-corrected chi connectivity index (χ4v) is 6.19. The first-order valence-corrected chi connectivity index (χ1v) is 14.0. The van der Waals surface area contributed by atoms with Crippen LogP contribution in [-0.2, 0) is 12.8 Å². The van der Waals surface area contributed by atoms with E-state index >= 15 is 0 Å². The van der Waals surface area contributed by atoms with Crippen LogP contribution in [0.25, 0.3) is 11.3 Å². The van der Waals surface area contributed by atoms with Crippen molar-refractivity contribution in [2.45, 2.75) is 59.3 Å². The molecule has 2 heterocycles. The number of aryl methyl sites for hydroxylation is 4. The minimum atomic E-state index is -0.415. The number of aliphatic imine (C=N–C) groups is 1. The normalized spacial score (nSPS) is 13.6. The lowest BCUT2D eigenvalue weighted by Gasteiger charge is -2.13. The fraction of sp³-hybridized carbons (Fsp3) is 0.290. The van der Waals surface area contributed by atoms with Crippen molar-refractivity contribution in [1.29, 1.82) is 0 Å². The van der Waals surface area contributed by atoms with Crippen LogP contribution in [0.4, 0.5) is 16.4 Å². The van der Waals surface area contributed by atoms with Crippen molar-refractivity contribution in [3.63, 3.8) is 0 Å². The van der Waals surface area contributed by atoms with Gasteiger partial charge in [0.25, 0.3) is 11.6 Å². The van der Waals surface area contributed by atoms with E-state index in [1.54, 1.807) is 35.8 Å². The van der Waals surface area contributed by atoms with E-state index < -0.39 is 4.92 Å². The molecule has 0 saturated carbocycles. The van der Waals surface area contributed by atoms with Crippen molar-refractivity contribution >= 4 is 39.8 Å². The minimum Gasteiger partial charge on any atom is -0.455 e. The molecule has 0 spiro atoms. The zero-order valence-electron chi connectivity index (χ0n) is 22.4. The van der Waals surface area contributed by atoms with Gasteiger partial charge in [-0.3, -0.25) is 14.9 Å². The number of furan rings is 1. The van der Waals surface area contributed by atoms with Crippen LogP contribution in [0.2, 0.25) is 0 Å². The number of amides is 1. The van der Waals surface area contributed by atoms with E-state index in [9.17, 15) is 14.9 Å². The first kappa shape index (κ1) is 26.6. The molecule has 4 aromatic rings. The van der Waals surface area contributed by atoms with Crippen LogP contribution in [-0.4, -0.2) is 17.0 Å². The summed E-state index contributed by atoms with van der Waals surface area (Å²) in [5.41, 5.74) is 6.22. The number of nitrogens with one attached hydrogen (secondary N) is 1. The van der Waals surface area contributed by atoms with Gasteiger partial charge < -0.3 is 9.73 Å². The van der Waals surface area contributed by atoms with Crippen molar-refractivity contribution in [2.24, 2.45) is 4.99 Å². The van der Waals surface area contributed by atoms with Crippen LogP contribution in [0, 0.1) is 30.9 Å². The maximum Gasteiger partial charge on any atom is 0.270 e. The number of thiophene rings is 1. The highest BCUT2D eigenvalue weighted by Crippen LogP contribution is 2.39. The summed E-state index contributed by atoms with van der Waals surface area (Å²) in [5.74, 6) is 0.905. The number of nitro groups is 1. The average Bonchev–Trinajstić information content (AvgIpc) is 3.49. The largest absolute Gasteiger partial charge is 0.455 e. The van der Waals surface area contributed by atoms with Crippen LogP contribution >= 0.6 is 11.3 Å². The summed E-state index contributed by atoms with van der Waals surface area (Å²) >= 11 is 1.59. The molecule has 39 heavy (non-hydrogen) atoms. The maximum absolute atomic E-state index is 13.7. The van der Waals surface area contributed by atoms with E-state index in [1.165, 1.54) is 23.4 Å². The molecule has 1 aliphatic rings. The monoisotopic (exact) mass is 541 g/mol. The molecule has 0 fully saturated rings. The van der Waals surface area contributed by atoms with Gasteiger partial charge in [0.2, 0.25) is 0 Å². The Labute approximate surface area is 231 Å². The van der Waals surface area contributed by atoms with E-state index in [4.69, 9.17) is 9.41 Å². The van der Waals surface area contributed by atoms with Gasteiger partial charge in [-0.15, -0.1) is 11.3 Å². The number of non-ortho nitro benzene ring substituents is 1. The van der Waals surface area contributed by atoms with Gasteiger partial charge in [0.15, 0.2) is 0 Å². The smallest absolute Gasteiger partial charge is 0.270 e. The van der Waals surface area contributed by atoms with Crippen molar-refractivity contribution in [2.75, 3.05) is 5.32 Å². The second kappa shape index (κ2) is 11.4. The van der Waals surface area contributed by atoms with Crippen LogP contribution < -0.4 is 5.32 Å². The highest BCUT2D eigenvalue weighted by atomic mass is 32.1. The summed E-state index contributed by atoms with van der Waals surface area (Å²) < 4.78 is 6.01. The summed E-state index contributed by atoms with van der Waals surface area (Å²) in [7, 11) is 0. The highest BCUT2D eigenvalue weighted by molar-refractivity contribution is 7.16. The van der Waals surface area contributed by atoms with Gasteiger partial charge in [0, 0.05) is 28.3 Å². The van der Waals surface area contributed by atoms with Gasteiger partial charge in [-0.25, -0.2) is 4.99 Å². The number of carbonyl (C=O) groups is 1. The molecule has 2 aromatic carbocycles. The van der Waals surface area contributed by atoms with Gasteiger partial charge in [0.05, 0.1) is 16.7 Å². The predicted octanol–water partition coefficient (Wildman–Crippen LogP) is 8.50. The number of benzene rings is 2. The van der Waals surface area contributed by atoms with Crippen LogP contribution in [0.15, 0.2) is 57.9 Å². The van der Waals surface area contributed by atoms with Crippen molar-refractivity contribution in [3.8, 4) is 11.3 Å². The lowest BCUT2D eigenvalue weighted by atomic mass is 9.96. The SMILES string of the molecule is Cc1ccc(C)c(NC(=O)c2c(N=Cc3ccc(-c4cc([N+](=O)[O-])ccc4C)o3)sc3c2CCCCCC3)c1. The Kier molecular flexibility index (Phi) is 7.74. The molecule has 0 aliphatic heterocycles.